The monoisotopic (exact) mass is 200 g/mol. The first kappa shape index (κ1) is 13.4. The minimum Gasteiger partial charge on any atom is -0.348 e. The number of likely N-dealkylation sites (N-methyl/N-ethyl adjacent to an activating group) is 1. The molecule has 0 spiro atoms. The van der Waals surface area contributed by atoms with Crippen molar-refractivity contribution in [2.45, 2.75) is 27.7 Å². The van der Waals surface area contributed by atoms with Crippen molar-refractivity contribution in [3.05, 3.63) is 0 Å². The highest BCUT2D eigenvalue weighted by atomic mass is 16.2. The van der Waals surface area contributed by atoms with Crippen LogP contribution in [-0.2, 0) is 4.79 Å². The fraction of sp³-hybridized carbons (Fsp3) is 0.909. The van der Waals surface area contributed by atoms with Gasteiger partial charge in [-0.3, -0.25) is 4.79 Å². The molecule has 0 aliphatic rings. The highest BCUT2D eigenvalue weighted by molar-refractivity contribution is 5.77. The second kappa shape index (κ2) is 5.35. The highest BCUT2D eigenvalue weighted by Gasteiger charge is 2.21. The van der Waals surface area contributed by atoms with E-state index in [1.165, 1.54) is 0 Å². The smallest absolute Gasteiger partial charge is 0.236 e. The average Bonchev–Trinajstić information content (AvgIpc) is 2.03. The van der Waals surface area contributed by atoms with Crippen LogP contribution in [0.25, 0.3) is 0 Å². The Hall–Kier alpha value is -0.570. The molecule has 0 fully saturated rings. The SMILES string of the molecule is CC(C)C(C)(C)CNCC(=O)N(C)C. The van der Waals surface area contributed by atoms with Crippen LogP contribution in [0.2, 0.25) is 0 Å². The lowest BCUT2D eigenvalue weighted by atomic mass is 9.81. The lowest BCUT2D eigenvalue weighted by molar-refractivity contribution is -0.127. The highest BCUT2D eigenvalue weighted by Crippen LogP contribution is 2.24. The molecule has 0 aromatic heterocycles. The Labute approximate surface area is 87.9 Å². The zero-order chi connectivity index (χ0) is 11.4. The summed E-state index contributed by atoms with van der Waals surface area (Å²) in [5.74, 6) is 0.744. The predicted molar refractivity (Wildman–Crippen MR) is 60.2 cm³/mol. The molecular formula is C11H24N2O. The van der Waals surface area contributed by atoms with Crippen LogP contribution in [0.5, 0.6) is 0 Å². The maximum Gasteiger partial charge on any atom is 0.236 e. The van der Waals surface area contributed by atoms with E-state index in [1.54, 1.807) is 19.0 Å². The van der Waals surface area contributed by atoms with Gasteiger partial charge in [-0.2, -0.15) is 0 Å². The van der Waals surface area contributed by atoms with Crippen molar-refractivity contribution in [1.29, 1.82) is 0 Å². The van der Waals surface area contributed by atoms with Crippen LogP contribution in [0.15, 0.2) is 0 Å². The molecule has 3 heteroatoms. The molecule has 0 saturated heterocycles. The molecule has 0 rings (SSSR count). The van der Waals surface area contributed by atoms with Crippen molar-refractivity contribution in [2.24, 2.45) is 11.3 Å². The molecule has 0 saturated carbocycles. The number of nitrogens with zero attached hydrogens (tertiary/aromatic N) is 1. The normalized spacial score (nSPS) is 11.9. The Morgan fingerprint density at radius 2 is 1.86 bits per heavy atom. The molecule has 0 atom stereocenters. The zero-order valence-corrected chi connectivity index (χ0v) is 10.3. The van der Waals surface area contributed by atoms with Crippen LogP contribution < -0.4 is 5.32 Å². The van der Waals surface area contributed by atoms with Gasteiger partial charge in [-0.25, -0.2) is 0 Å². The molecule has 0 radical (unpaired) electrons. The molecule has 1 N–H and O–H groups in total. The summed E-state index contributed by atoms with van der Waals surface area (Å²) in [7, 11) is 3.55. The summed E-state index contributed by atoms with van der Waals surface area (Å²) in [4.78, 5) is 12.9. The van der Waals surface area contributed by atoms with Gasteiger partial charge in [-0.1, -0.05) is 27.7 Å². The van der Waals surface area contributed by atoms with E-state index < -0.39 is 0 Å². The van der Waals surface area contributed by atoms with Gasteiger partial charge in [0.2, 0.25) is 5.91 Å². The van der Waals surface area contributed by atoms with Crippen LogP contribution in [0.4, 0.5) is 0 Å². The van der Waals surface area contributed by atoms with Gasteiger partial charge in [-0.05, 0) is 11.3 Å². The first-order valence-electron chi connectivity index (χ1n) is 5.18. The van der Waals surface area contributed by atoms with E-state index >= 15 is 0 Å². The van der Waals surface area contributed by atoms with Gasteiger partial charge in [0.15, 0.2) is 0 Å². The Morgan fingerprint density at radius 1 is 1.36 bits per heavy atom. The molecule has 0 aliphatic heterocycles. The number of amides is 1. The van der Waals surface area contributed by atoms with Crippen molar-refractivity contribution in [3.63, 3.8) is 0 Å². The molecule has 84 valence electrons. The van der Waals surface area contributed by atoms with Gasteiger partial charge in [0.1, 0.15) is 0 Å². The quantitative estimate of drug-likeness (QED) is 0.726. The predicted octanol–water partition coefficient (Wildman–Crippen LogP) is 1.35. The van der Waals surface area contributed by atoms with E-state index in [0.717, 1.165) is 6.54 Å². The van der Waals surface area contributed by atoms with Gasteiger partial charge in [0, 0.05) is 20.6 Å². The van der Waals surface area contributed by atoms with Gasteiger partial charge in [0.05, 0.1) is 6.54 Å². The average molecular weight is 200 g/mol. The molecule has 0 aromatic rings. The first-order valence-corrected chi connectivity index (χ1v) is 5.18. The van der Waals surface area contributed by atoms with Crippen LogP contribution in [0.3, 0.4) is 0 Å². The topological polar surface area (TPSA) is 32.3 Å². The standard InChI is InChI=1S/C11H24N2O/c1-9(2)11(3,4)8-12-7-10(14)13(5)6/h9,12H,7-8H2,1-6H3. The Kier molecular flexibility index (Phi) is 5.13. The van der Waals surface area contributed by atoms with E-state index in [9.17, 15) is 4.79 Å². The molecule has 14 heavy (non-hydrogen) atoms. The van der Waals surface area contributed by atoms with E-state index in [2.05, 4.69) is 33.0 Å². The van der Waals surface area contributed by atoms with Crippen molar-refractivity contribution < 1.29 is 4.79 Å². The Bertz CT molecular complexity index is 186. The number of carbonyl (C=O) groups is 1. The lowest BCUT2D eigenvalue weighted by Crippen LogP contribution is -2.39. The zero-order valence-electron chi connectivity index (χ0n) is 10.3. The molecule has 1 amide bonds. The number of carbonyl (C=O) groups excluding carboxylic acids is 1. The van der Waals surface area contributed by atoms with Gasteiger partial charge in [-0.15, -0.1) is 0 Å². The van der Waals surface area contributed by atoms with Crippen LogP contribution >= 0.6 is 0 Å². The molecule has 0 heterocycles. The summed E-state index contributed by atoms with van der Waals surface area (Å²) in [6, 6.07) is 0. The minimum absolute atomic E-state index is 0.129. The number of hydrogen-bond acceptors (Lipinski definition) is 2. The van der Waals surface area contributed by atoms with E-state index in [0.29, 0.717) is 12.5 Å². The Morgan fingerprint density at radius 3 is 2.21 bits per heavy atom. The fourth-order valence-corrected chi connectivity index (χ4v) is 0.854. The second-order valence-electron chi connectivity index (χ2n) is 5.04. The summed E-state index contributed by atoms with van der Waals surface area (Å²) in [6.45, 7) is 10.1. The molecule has 0 unspecified atom stereocenters. The van der Waals surface area contributed by atoms with E-state index in [-0.39, 0.29) is 11.3 Å². The summed E-state index contributed by atoms with van der Waals surface area (Å²) in [5.41, 5.74) is 0.243. The fourth-order valence-electron chi connectivity index (χ4n) is 0.854. The largest absolute Gasteiger partial charge is 0.348 e. The third kappa shape index (κ3) is 4.61. The third-order valence-electron chi connectivity index (χ3n) is 2.92. The van der Waals surface area contributed by atoms with Crippen LogP contribution in [0, 0.1) is 11.3 Å². The number of rotatable bonds is 5. The van der Waals surface area contributed by atoms with E-state index in [4.69, 9.17) is 0 Å². The first-order chi connectivity index (χ1) is 6.27. The van der Waals surface area contributed by atoms with Gasteiger partial charge in [0.25, 0.3) is 0 Å². The number of nitrogens with one attached hydrogen (secondary N) is 1. The van der Waals surface area contributed by atoms with Crippen molar-refractivity contribution in [3.8, 4) is 0 Å². The molecule has 0 aromatic carbocycles. The van der Waals surface area contributed by atoms with Crippen LogP contribution in [0.1, 0.15) is 27.7 Å². The minimum atomic E-state index is 0.129. The molecule has 0 aliphatic carbocycles. The maximum atomic E-state index is 11.3. The number of hydrogen-bond donors (Lipinski definition) is 1. The Balaban J connectivity index is 3.80. The third-order valence-corrected chi connectivity index (χ3v) is 2.92. The van der Waals surface area contributed by atoms with Gasteiger partial charge < -0.3 is 10.2 Å². The van der Waals surface area contributed by atoms with Crippen LogP contribution in [-0.4, -0.2) is 38.0 Å². The van der Waals surface area contributed by atoms with Crippen molar-refractivity contribution in [1.82, 2.24) is 10.2 Å². The van der Waals surface area contributed by atoms with Crippen molar-refractivity contribution in [2.75, 3.05) is 27.2 Å². The van der Waals surface area contributed by atoms with Crippen molar-refractivity contribution >= 4 is 5.91 Å². The van der Waals surface area contributed by atoms with Gasteiger partial charge >= 0.3 is 0 Å². The lowest BCUT2D eigenvalue weighted by Gasteiger charge is -2.29. The molecule has 0 bridgehead atoms. The summed E-state index contributed by atoms with van der Waals surface area (Å²) < 4.78 is 0. The summed E-state index contributed by atoms with van der Waals surface area (Å²) in [6.07, 6.45) is 0. The molecule has 3 nitrogen and oxygen atoms in total. The second-order valence-corrected chi connectivity index (χ2v) is 5.04. The summed E-state index contributed by atoms with van der Waals surface area (Å²) >= 11 is 0. The molecular weight excluding hydrogens is 176 g/mol. The summed E-state index contributed by atoms with van der Waals surface area (Å²) in [5, 5.41) is 3.20. The van der Waals surface area contributed by atoms with E-state index in [1.807, 2.05) is 0 Å². The maximum absolute atomic E-state index is 11.3.